The summed E-state index contributed by atoms with van der Waals surface area (Å²) in [5, 5.41) is 11.3. The molecule has 0 saturated heterocycles. The maximum atomic E-state index is 5.52. The fourth-order valence-corrected chi connectivity index (χ4v) is 2.24. The van der Waals surface area contributed by atoms with Gasteiger partial charge in [0.2, 0.25) is 0 Å². The van der Waals surface area contributed by atoms with Crippen LogP contribution in [0.15, 0.2) is 71.8 Å². The zero-order valence-corrected chi connectivity index (χ0v) is 11.5. The van der Waals surface area contributed by atoms with Crippen LogP contribution in [0.5, 0.6) is 0 Å². The second-order valence-electron chi connectivity index (χ2n) is 4.76. The lowest BCUT2D eigenvalue weighted by atomic mass is 10.1. The first-order valence-electron chi connectivity index (χ1n) is 6.78. The lowest BCUT2D eigenvalue weighted by molar-refractivity contribution is 1.02. The number of benzene rings is 2. The van der Waals surface area contributed by atoms with E-state index in [1.165, 1.54) is 0 Å². The average molecular weight is 276 g/mol. The Hall–Kier alpha value is -2.88. The molecule has 4 heteroatoms. The van der Waals surface area contributed by atoms with Gasteiger partial charge in [-0.1, -0.05) is 60.7 Å². The third-order valence-corrected chi connectivity index (χ3v) is 3.32. The van der Waals surface area contributed by atoms with Crippen molar-refractivity contribution in [1.82, 2.24) is 10.2 Å². The SMILES string of the molecule is N/N=C(/Cc1cc(-c2ccccc2)n[nH]1)c1ccccc1. The van der Waals surface area contributed by atoms with Crippen molar-refractivity contribution in [2.45, 2.75) is 6.42 Å². The van der Waals surface area contributed by atoms with Crippen molar-refractivity contribution >= 4 is 5.71 Å². The molecule has 0 spiro atoms. The van der Waals surface area contributed by atoms with Gasteiger partial charge in [0.05, 0.1) is 11.4 Å². The van der Waals surface area contributed by atoms with Crippen LogP contribution in [0.2, 0.25) is 0 Å². The molecule has 0 aliphatic heterocycles. The molecule has 3 rings (SSSR count). The highest BCUT2D eigenvalue weighted by Gasteiger charge is 2.08. The number of hydrazone groups is 1. The zero-order valence-electron chi connectivity index (χ0n) is 11.5. The molecular weight excluding hydrogens is 260 g/mol. The van der Waals surface area contributed by atoms with Gasteiger partial charge in [-0.3, -0.25) is 5.10 Å². The molecule has 104 valence electrons. The molecule has 3 N–H and O–H groups in total. The Balaban J connectivity index is 1.81. The van der Waals surface area contributed by atoms with E-state index in [4.69, 9.17) is 5.84 Å². The first kappa shape index (κ1) is 13.1. The number of rotatable bonds is 4. The lowest BCUT2D eigenvalue weighted by Gasteiger charge is -2.03. The van der Waals surface area contributed by atoms with Crippen molar-refractivity contribution in [2.75, 3.05) is 0 Å². The second kappa shape index (κ2) is 6.05. The van der Waals surface area contributed by atoms with E-state index in [0.29, 0.717) is 6.42 Å². The summed E-state index contributed by atoms with van der Waals surface area (Å²) in [5.41, 5.74) is 4.86. The van der Waals surface area contributed by atoms with E-state index in [1.54, 1.807) is 0 Å². The van der Waals surface area contributed by atoms with Crippen LogP contribution in [0.1, 0.15) is 11.3 Å². The molecule has 0 radical (unpaired) electrons. The molecule has 0 atom stereocenters. The Morgan fingerprint density at radius 2 is 1.67 bits per heavy atom. The molecule has 3 aromatic rings. The minimum absolute atomic E-state index is 0.625. The highest BCUT2D eigenvalue weighted by molar-refractivity contribution is 6.01. The molecule has 0 saturated carbocycles. The molecule has 1 heterocycles. The average Bonchev–Trinajstić information content (AvgIpc) is 3.03. The topological polar surface area (TPSA) is 67.1 Å². The summed E-state index contributed by atoms with van der Waals surface area (Å²) < 4.78 is 0. The Bertz CT molecular complexity index is 730. The largest absolute Gasteiger partial charge is 0.323 e. The number of aromatic nitrogens is 2. The Labute approximate surface area is 123 Å². The molecule has 4 nitrogen and oxygen atoms in total. The first-order chi connectivity index (χ1) is 10.4. The minimum atomic E-state index is 0.625. The normalized spacial score (nSPS) is 11.5. The number of nitrogens with zero attached hydrogens (tertiary/aromatic N) is 2. The molecule has 0 unspecified atom stereocenters. The summed E-state index contributed by atoms with van der Waals surface area (Å²) in [7, 11) is 0. The maximum Gasteiger partial charge on any atom is 0.0923 e. The fraction of sp³-hybridized carbons (Fsp3) is 0.0588. The van der Waals surface area contributed by atoms with Crippen LogP contribution in [-0.4, -0.2) is 15.9 Å². The predicted molar refractivity (Wildman–Crippen MR) is 84.9 cm³/mol. The van der Waals surface area contributed by atoms with Crippen molar-refractivity contribution in [1.29, 1.82) is 0 Å². The van der Waals surface area contributed by atoms with E-state index in [-0.39, 0.29) is 0 Å². The van der Waals surface area contributed by atoms with Crippen molar-refractivity contribution in [2.24, 2.45) is 10.9 Å². The molecular formula is C17H16N4. The van der Waals surface area contributed by atoms with E-state index >= 15 is 0 Å². The second-order valence-corrected chi connectivity index (χ2v) is 4.76. The summed E-state index contributed by atoms with van der Waals surface area (Å²) in [6.07, 6.45) is 0.625. The lowest BCUT2D eigenvalue weighted by Crippen LogP contribution is -2.08. The van der Waals surface area contributed by atoms with Gasteiger partial charge in [0, 0.05) is 17.7 Å². The van der Waals surface area contributed by atoms with Crippen molar-refractivity contribution in [3.05, 3.63) is 78.0 Å². The number of nitrogens with two attached hydrogens (primary N) is 1. The molecule has 0 amide bonds. The maximum absolute atomic E-state index is 5.52. The van der Waals surface area contributed by atoms with Gasteiger partial charge in [0.25, 0.3) is 0 Å². The van der Waals surface area contributed by atoms with Crippen LogP contribution in [0.25, 0.3) is 11.3 Å². The van der Waals surface area contributed by atoms with Crippen LogP contribution in [-0.2, 0) is 6.42 Å². The van der Waals surface area contributed by atoms with E-state index in [0.717, 1.165) is 28.2 Å². The first-order valence-corrected chi connectivity index (χ1v) is 6.78. The third-order valence-electron chi connectivity index (χ3n) is 3.32. The monoisotopic (exact) mass is 276 g/mol. The Morgan fingerprint density at radius 3 is 2.33 bits per heavy atom. The van der Waals surface area contributed by atoms with Crippen LogP contribution >= 0.6 is 0 Å². The summed E-state index contributed by atoms with van der Waals surface area (Å²) in [5.74, 6) is 5.52. The summed E-state index contributed by atoms with van der Waals surface area (Å²) >= 11 is 0. The van der Waals surface area contributed by atoms with Crippen LogP contribution in [0.4, 0.5) is 0 Å². The molecule has 0 aliphatic carbocycles. The van der Waals surface area contributed by atoms with Gasteiger partial charge in [0.15, 0.2) is 0 Å². The van der Waals surface area contributed by atoms with E-state index < -0.39 is 0 Å². The smallest absolute Gasteiger partial charge is 0.0923 e. The number of nitrogens with one attached hydrogen (secondary N) is 1. The van der Waals surface area contributed by atoms with Gasteiger partial charge in [-0.2, -0.15) is 10.2 Å². The highest BCUT2D eigenvalue weighted by Crippen LogP contribution is 2.17. The fourth-order valence-electron chi connectivity index (χ4n) is 2.24. The van der Waals surface area contributed by atoms with Gasteiger partial charge in [-0.25, -0.2) is 0 Å². The quantitative estimate of drug-likeness (QED) is 0.437. The summed E-state index contributed by atoms with van der Waals surface area (Å²) in [6, 6.07) is 22.0. The van der Waals surface area contributed by atoms with Crippen molar-refractivity contribution in [3.8, 4) is 11.3 Å². The summed E-state index contributed by atoms with van der Waals surface area (Å²) in [4.78, 5) is 0. The van der Waals surface area contributed by atoms with Crippen LogP contribution in [0, 0.1) is 0 Å². The molecule has 0 bridgehead atoms. The molecule has 21 heavy (non-hydrogen) atoms. The van der Waals surface area contributed by atoms with Gasteiger partial charge >= 0.3 is 0 Å². The van der Waals surface area contributed by atoms with Crippen LogP contribution in [0.3, 0.4) is 0 Å². The minimum Gasteiger partial charge on any atom is -0.323 e. The zero-order chi connectivity index (χ0) is 14.5. The number of H-pyrrole nitrogens is 1. The third kappa shape index (κ3) is 3.00. The van der Waals surface area contributed by atoms with E-state index in [2.05, 4.69) is 15.3 Å². The number of aromatic amines is 1. The molecule has 2 aromatic carbocycles. The standard InChI is InChI=1S/C17H16N4/c18-19-16(13-7-3-1-4-8-13)11-15-12-17(21-20-15)14-9-5-2-6-10-14/h1-10,12H,11,18H2,(H,20,21)/b19-16-. The van der Waals surface area contributed by atoms with Crippen molar-refractivity contribution in [3.63, 3.8) is 0 Å². The highest BCUT2D eigenvalue weighted by atomic mass is 15.1. The van der Waals surface area contributed by atoms with Crippen LogP contribution < -0.4 is 5.84 Å². The summed E-state index contributed by atoms with van der Waals surface area (Å²) in [6.45, 7) is 0. The van der Waals surface area contributed by atoms with Crippen molar-refractivity contribution < 1.29 is 0 Å². The van der Waals surface area contributed by atoms with E-state index in [1.807, 2.05) is 66.7 Å². The number of hydrogen-bond donors (Lipinski definition) is 2. The van der Waals surface area contributed by atoms with Gasteiger partial charge in [-0.15, -0.1) is 0 Å². The predicted octanol–water partition coefficient (Wildman–Crippen LogP) is 2.98. The molecule has 1 aromatic heterocycles. The van der Waals surface area contributed by atoms with Gasteiger partial charge < -0.3 is 5.84 Å². The van der Waals surface area contributed by atoms with Gasteiger partial charge in [0.1, 0.15) is 0 Å². The Kier molecular flexibility index (Phi) is 3.78. The number of hydrogen-bond acceptors (Lipinski definition) is 3. The molecule has 0 aliphatic rings. The van der Waals surface area contributed by atoms with Gasteiger partial charge in [-0.05, 0) is 11.6 Å². The molecule has 0 fully saturated rings. The van der Waals surface area contributed by atoms with E-state index in [9.17, 15) is 0 Å². The Morgan fingerprint density at radius 1 is 1.00 bits per heavy atom.